The first-order valence-electron chi connectivity index (χ1n) is 53.0. The first-order valence-corrected chi connectivity index (χ1v) is 54.6. The summed E-state index contributed by atoms with van der Waals surface area (Å²) in [7, 11) is -3.01. The van der Waals surface area contributed by atoms with Gasteiger partial charge in [-0.1, -0.05) is 204 Å². The second-order valence-electron chi connectivity index (χ2n) is 41.2. The molecule has 10 rings (SSSR count). The number of benzene rings is 3. The minimum atomic E-state index is -4.56. The topological polar surface area (TPSA) is 560 Å². The summed E-state index contributed by atoms with van der Waals surface area (Å²) in [5.41, 5.74) is 3.16. The van der Waals surface area contributed by atoms with Crippen molar-refractivity contribution in [2.45, 2.75) is 420 Å². The highest BCUT2D eigenvalue weighted by molar-refractivity contribution is 7.86. The van der Waals surface area contributed by atoms with Crippen molar-refractivity contribution in [3.05, 3.63) is 111 Å². The lowest BCUT2D eigenvalue weighted by Crippen LogP contribution is -2.72. The van der Waals surface area contributed by atoms with E-state index in [1.165, 1.54) is 108 Å². The number of amides is 5. The molecule has 18 N–H and O–H groups in total. The van der Waals surface area contributed by atoms with Crippen molar-refractivity contribution in [3.8, 4) is 11.5 Å². The summed E-state index contributed by atoms with van der Waals surface area (Å²) in [5.74, 6) is -8.58. The van der Waals surface area contributed by atoms with Gasteiger partial charge in [0.1, 0.15) is 115 Å². The van der Waals surface area contributed by atoms with Crippen LogP contribution in [-0.2, 0) is 72.0 Å². The molecule has 0 aliphatic carbocycles. The summed E-state index contributed by atoms with van der Waals surface area (Å²) in [4.78, 5) is 86.7. The number of nitrogens with zero attached hydrogens (tertiary/aromatic N) is 3. The Bertz CT molecular complexity index is 5080. The van der Waals surface area contributed by atoms with Crippen molar-refractivity contribution >= 4 is 68.5 Å². The van der Waals surface area contributed by atoms with E-state index < -0.39 is 231 Å². The van der Waals surface area contributed by atoms with E-state index in [-0.39, 0.29) is 42.8 Å². The second kappa shape index (κ2) is 57.0. The lowest BCUT2D eigenvalue weighted by molar-refractivity contribution is -0.400. The quantitative estimate of drug-likeness (QED) is 0.00988. The molecule has 146 heavy (non-hydrogen) atoms. The Balaban J connectivity index is 0.860. The Morgan fingerprint density at radius 1 is 0.623 bits per heavy atom. The molecule has 0 aromatic heterocycles. The van der Waals surface area contributed by atoms with Gasteiger partial charge in [-0.3, -0.25) is 28.5 Å². The number of allylic oxidation sites excluding steroid dienone is 1. The van der Waals surface area contributed by atoms with E-state index in [0.29, 0.717) is 76.2 Å². The molecule has 0 unspecified atom stereocenters. The summed E-state index contributed by atoms with van der Waals surface area (Å²) in [6.45, 7) is 15.0. The van der Waals surface area contributed by atoms with Crippen LogP contribution in [0.3, 0.4) is 0 Å². The Labute approximate surface area is 858 Å². The van der Waals surface area contributed by atoms with Gasteiger partial charge in [-0.25, -0.2) is 9.37 Å². The van der Waals surface area contributed by atoms with Gasteiger partial charge < -0.3 is 140 Å². The number of hydrogen-bond donors (Lipinski definition) is 18. The van der Waals surface area contributed by atoms with Crippen molar-refractivity contribution in [2.75, 3.05) is 70.3 Å². The van der Waals surface area contributed by atoms with Gasteiger partial charge >= 0.3 is 5.97 Å². The number of aliphatic hydroxyl groups excluding tert-OH is 12. The first-order chi connectivity index (χ1) is 69.6. The lowest BCUT2D eigenvalue weighted by Gasteiger charge is -2.52. The van der Waals surface area contributed by atoms with E-state index in [9.17, 15) is 103 Å². The summed E-state index contributed by atoms with van der Waals surface area (Å²) in [6.07, 6.45) is -1.54. The third kappa shape index (κ3) is 32.1. The highest BCUT2D eigenvalue weighted by Crippen LogP contribution is 2.49. The van der Waals surface area contributed by atoms with E-state index in [0.717, 1.165) is 82.6 Å². The van der Waals surface area contributed by atoms with Gasteiger partial charge in [0.15, 0.2) is 24.4 Å². The van der Waals surface area contributed by atoms with E-state index in [1.54, 1.807) is 37.4 Å². The van der Waals surface area contributed by atoms with Crippen molar-refractivity contribution in [1.82, 2.24) is 30.7 Å². The number of likely N-dealkylation sites (N-methyl/N-ethyl adjacent to an activating group) is 2. The molecular formula is C107H166N7O31S+. The smallest absolute Gasteiger partial charge is 0.364 e. The zero-order chi connectivity index (χ0) is 106. The summed E-state index contributed by atoms with van der Waals surface area (Å²) < 4.78 is 95.0. The summed E-state index contributed by atoms with van der Waals surface area (Å²) >= 11 is 0. The Hall–Kier alpha value is -7.92. The van der Waals surface area contributed by atoms with Crippen molar-refractivity contribution in [1.29, 1.82) is 0 Å². The number of carbonyl (C=O) groups is 6. The normalized spacial score (nSPS) is 27.1. The van der Waals surface area contributed by atoms with Gasteiger partial charge in [0.2, 0.25) is 29.0 Å². The second-order valence-corrected chi connectivity index (χ2v) is 42.7. The molecule has 3 aromatic carbocycles. The molecule has 0 bridgehead atoms. The number of aliphatic hydroxyl groups is 12. The number of anilines is 1. The third-order valence-corrected chi connectivity index (χ3v) is 29.6. The van der Waals surface area contributed by atoms with Crippen LogP contribution in [0.15, 0.2) is 72.8 Å². The molecule has 7 heterocycles. The van der Waals surface area contributed by atoms with Crippen LogP contribution in [0.25, 0.3) is 17.2 Å². The van der Waals surface area contributed by atoms with Crippen LogP contribution in [0.5, 0.6) is 11.5 Å². The number of carboxylic acid groups (broad SMARTS) is 1. The van der Waals surface area contributed by atoms with Gasteiger partial charge in [0.05, 0.1) is 62.3 Å². The fraction of sp³-hybridized carbons (Fsp3) is 0.710. The minimum Gasteiger partial charge on any atom is -0.477 e. The van der Waals surface area contributed by atoms with Crippen LogP contribution in [0.1, 0.15) is 301 Å². The molecular weight excluding hydrogens is 1910 g/mol. The molecule has 5 amide bonds. The van der Waals surface area contributed by atoms with Gasteiger partial charge in [-0.05, 0) is 94.9 Å². The highest BCUT2D eigenvalue weighted by atomic mass is 32.2. The Kier molecular flexibility index (Phi) is 46.8. The van der Waals surface area contributed by atoms with Crippen LogP contribution in [0, 0.1) is 0 Å². The van der Waals surface area contributed by atoms with E-state index in [4.69, 9.17) is 42.6 Å². The van der Waals surface area contributed by atoms with E-state index in [2.05, 4.69) is 71.4 Å². The molecule has 0 spiro atoms. The molecule has 820 valence electrons. The van der Waals surface area contributed by atoms with Crippen LogP contribution < -0.4 is 46.1 Å². The highest BCUT2D eigenvalue weighted by Gasteiger charge is 2.62. The van der Waals surface area contributed by atoms with Crippen LogP contribution >= 0.6 is 0 Å². The molecule has 7 aliphatic heterocycles. The fourth-order valence-electron chi connectivity index (χ4n) is 21.0. The zero-order valence-corrected chi connectivity index (χ0v) is 87.8. The maximum absolute atomic E-state index is 15.2. The number of unbranched alkanes of at least 4 members (excludes halogenated alkanes) is 25. The van der Waals surface area contributed by atoms with Crippen molar-refractivity contribution in [3.63, 3.8) is 0 Å². The van der Waals surface area contributed by atoms with Gasteiger partial charge in [-0.2, -0.15) is 8.42 Å². The average Bonchev–Trinajstić information content (AvgIpc) is 0.713. The summed E-state index contributed by atoms with van der Waals surface area (Å²) in [5, 5.41) is 163. The molecule has 0 radical (unpaired) electrons. The molecule has 4 saturated heterocycles. The van der Waals surface area contributed by atoms with Crippen LogP contribution in [0.2, 0.25) is 0 Å². The van der Waals surface area contributed by atoms with E-state index >= 15 is 4.79 Å². The summed E-state index contributed by atoms with van der Waals surface area (Å²) in [6, 6.07) is 9.85. The number of aliphatic carboxylic acids is 1. The molecule has 3 aromatic rings. The monoisotopic (exact) mass is 2080 g/mol. The average molecular weight is 2080 g/mol. The van der Waals surface area contributed by atoms with Crippen LogP contribution in [0.4, 0.5) is 5.69 Å². The van der Waals surface area contributed by atoms with Crippen molar-refractivity contribution in [2.24, 2.45) is 0 Å². The van der Waals surface area contributed by atoms with E-state index in [1.807, 2.05) is 63.3 Å². The standard InChI is InChI=1S/C107H165N7O31S/c1-12-16-18-20-22-24-26-28-29-31-33-35-37-39-41-48-86(124)111-74(77(120)47-40-38-36-34-32-30-27-25-23-21-19-17-13-2)63-137-102-94(129)93(128)96(83(61-116)140-102)142-103-95(130)99(145-107(104(132)133)58-78(121)88(109-65(5)118)98(144-107)90(125)79(122)60-115)97(84(62-117)141-103)143-101-89(110-66(6)119)92(127)91(126)82(139-101)59-108-85(123)49-44-52-112(11)100(131)70-46-43-42-45-69(70)87-72-53-67-50-51-105(7,8)113(14-3)75(67)55-80(72)138-81-56-76-71(54-73(81)87)68(64-146(134,135)136)57-106(9,10)114(76)15-4/h40,42-43,45-47,50-51,53-57,74,77-79,82-84,88-99,101-103,115-117,120-122,125-130H,12-39,41,44,48-49,52,58-64H2,1-11H3,(H5-,108,109,110,111,118,119,123,124,132,133,134,135,136)/p+1/b47-40+/t74-,77+,78-,79+,82+,83+,84+,88+,89+,90+,91-,92+,93+,94+,95+,96+,97-,98+,99+,101-,102+,103-,107-/m0/s1. The van der Waals surface area contributed by atoms with Crippen molar-refractivity contribution < 1.29 is 151 Å². The number of rotatable bonds is 60. The number of carboxylic acids is 1. The molecule has 38 nitrogen and oxygen atoms in total. The zero-order valence-electron chi connectivity index (χ0n) is 86.9. The lowest BCUT2D eigenvalue weighted by atomic mass is 9.83. The molecule has 39 heteroatoms. The number of hydrogen-bond acceptors (Lipinski definition) is 30. The Morgan fingerprint density at radius 2 is 1.19 bits per heavy atom. The largest absolute Gasteiger partial charge is 0.477 e. The number of nitrogens with one attached hydrogen (secondary N) is 4. The molecule has 0 saturated carbocycles. The van der Waals surface area contributed by atoms with Gasteiger partial charge in [-0.15, -0.1) is 0 Å². The Morgan fingerprint density at radius 3 is 1.77 bits per heavy atom. The number of fused-ring (bicyclic) bond motifs is 4. The van der Waals surface area contributed by atoms with Gasteiger partial charge in [0.25, 0.3) is 21.8 Å². The maximum Gasteiger partial charge on any atom is 0.364 e. The molecule has 7 aliphatic rings. The third-order valence-electron chi connectivity index (χ3n) is 28.9. The SMILES string of the molecule is CCCCCCCCCCCCC/C=C/[C@@H](O)[C@H](CO[C@@H]1O[C@H](CO)[C@@H](O[C@@H]2O[C@H](CO)[C@H](O[C@@H]3O[C@H](CNC(=O)CCCN(C)C(=O)c4ccccc4C4=c5cc6c(cc5Oc5cc7c(cc54)C(CS(=O)(=O)O)=CC(C)(C)N7CC)=[N+](CC)C(C)(C)C=C6)[C@H](O)[C@H](O)[C@H]3NC(C)=O)[C@H](O[C@]3(C(=O)O)C[C@H](O)[C@@H](NC(C)=O)[C@H]([C@H](O)[C@H](O)CO)O3)[C@H]2O)[C@H](O)[C@H]1O)NC(=O)CCCCCCCCCCCCCCCCC. The minimum absolute atomic E-state index is 0.0166. The number of ether oxygens (including phenoxy) is 9. The maximum atomic E-state index is 15.2. The first kappa shape index (κ1) is 120. The number of carbonyl (C=O) groups excluding carboxylic acids is 5. The molecule has 4 fully saturated rings. The molecule has 23 atom stereocenters. The van der Waals surface area contributed by atoms with Crippen LogP contribution in [-0.4, -0.2) is 337 Å². The van der Waals surface area contributed by atoms with Gasteiger partial charge in [0, 0.05) is 118 Å². The predicted molar refractivity (Wildman–Crippen MR) is 544 cm³/mol. The predicted octanol–water partition coefficient (Wildman–Crippen LogP) is 6.37. The fourth-order valence-corrected chi connectivity index (χ4v) is 21.6.